The fourth-order valence-electron chi connectivity index (χ4n) is 2.14. The third-order valence-electron chi connectivity index (χ3n) is 2.97. The Balaban J connectivity index is 2.55. The van der Waals surface area contributed by atoms with Gasteiger partial charge >= 0.3 is 0 Å². The van der Waals surface area contributed by atoms with Crippen molar-refractivity contribution in [2.45, 2.75) is 33.2 Å². The van der Waals surface area contributed by atoms with Gasteiger partial charge in [0.15, 0.2) is 0 Å². The van der Waals surface area contributed by atoms with Crippen molar-refractivity contribution in [1.82, 2.24) is 9.55 Å². The van der Waals surface area contributed by atoms with Gasteiger partial charge in [0, 0.05) is 18.0 Å². The monoisotopic (exact) mass is 247 g/mol. The third kappa shape index (κ3) is 2.10. The molecule has 0 saturated heterocycles. The lowest BCUT2D eigenvalue weighted by Gasteiger charge is -2.12. The average molecular weight is 247 g/mol. The number of halogens is 1. The molecule has 1 aromatic carbocycles. The molecule has 0 unspecified atom stereocenters. The lowest BCUT2D eigenvalue weighted by Crippen LogP contribution is -2.08. The van der Waals surface area contributed by atoms with Crippen LogP contribution in [0.25, 0.3) is 11.3 Å². The Morgan fingerprint density at radius 3 is 2.33 bits per heavy atom. The maximum atomic E-state index is 12.9. The summed E-state index contributed by atoms with van der Waals surface area (Å²) >= 11 is 0. The Kier molecular flexibility index (Phi) is 3.36. The summed E-state index contributed by atoms with van der Waals surface area (Å²) in [6.45, 7) is 6.20. The first-order chi connectivity index (χ1) is 8.54. The maximum Gasteiger partial charge on any atom is 0.131 e. The number of nitrogen functional groups attached to an aromatic ring is 1. The number of imidazole rings is 1. The van der Waals surface area contributed by atoms with Gasteiger partial charge in [0.1, 0.15) is 23.2 Å². The molecule has 18 heavy (non-hydrogen) atoms. The average Bonchev–Trinajstić information content (AvgIpc) is 2.67. The highest BCUT2D eigenvalue weighted by molar-refractivity contribution is 5.71. The molecule has 0 amide bonds. The minimum Gasteiger partial charge on any atom is -0.383 e. The van der Waals surface area contributed by atoms with Crippen LogP contribution in [0, 0.1) is 5.82 Å². The smallest absolute Gasteiger partial charge is 0.131 e. The summed E-state index contributed by atoms with van der Waals surface area (Å²) in [4.78, 5) is 4.56. The van der Waals surface area contributed by atoms with Gasteiger partial charge in [-0.15, -0.1) is 0 Å². The van der Waals surface area contributed by atoms with Crippen molar-refractivity contribution in [1.29, 1.82) is 0 Å². The standard InChI is InChI=1S/C14H18FN3/c1-4-12-17-13(14(16)18(12)9(2)3)10-5-7-11(15)8-6-10/h5-9H,4,16H2,1-3H3. The number of anilines is 1. The summed E-state index contributed by atoms with van der Waals surface area (Å²) in [6, 6.07) is 6.53. The van der Waals surface area contributed by atoms with Gasteiger partial charge in [-0.05, 0) is 38.1 Å². The van der Waals surface area contributed by atoms with Crippen LogP contribution in [0.5, 0.6) is 0 Å². The zero-order chi connectivity index (χ0) is 13.3. The third-order valence-corrected chi connectivity index (χ3v) is 2.97. The molecule has 0 bridgehead atoms. The number of hydrogen-bond donors (Lipinski definition) is 1. The van der Waals surface area contributed by atoms with E-state index in [9.17, 15) is 4.39 Å². The fraction of sp³-hybridized carbons (Fsp3) is 0.357. The van der Waals surface area contributed by atoms with Crippen LogP contribution in [0.4, 0.5) is 10.2 Å². The van der Waals surface area contributed by atoms with Crippen molar-refractivity contribution in [2.75, 3.05) is 5.73 Å². The van der Waals surface area contributed by atoms with E-state index >= 15 is 0 Å². The topological polar surface area (TPSA) is 43.8 Å². The first-order valence-corrected chi connectivity index (χ1v) is 6.17. The largest absolute Gasteiger partial charge is 0.383 e. The highest BCUT2D eigenvalue weighted by Gasteiger charge is 2.16. The molecule has 1 heterocycles. The van der Waals surface area contributed by atoms with Crippen LogP contribution in [-0.4, -0.2) is 9.55 Å². The Labute approximate surface area is 106 Å². The molecular weight excluding hydrogens is 229 g/mol. The molecule has 0 aliphatic carbocycles. The fourth-order valence-corrected chi connectivity index (χ4v) is 2.14. The molecule has 0 saturated carbocycles. The van der Waals surface area contributed by atoms with Gasteiger partial charge in [-0.1, -0.05) is 6.92 Å². The highest BCUT2D eigenvalue weighted by atomic mass is 19.1. The van der Waals surface area contributed by atoms with Crippen LogP contribution in [0.1, 0.15) is 32.6 Å². The quantitative estimate of drug-likeness (QED) is 0.903. The van der Waals surface area contributed by atoms with Crippen LogP contribution in [0.3, 0.4) is 0 Å². The van der Waals surface area contributed by atoms with Crippen LogP contribution < -0.4 is 5.73 Å². The zero-order valence-corrected chi connectivity index (χ0v) is 10.9. The number of benzene rings is 1. The second-order valence-corrected chi connectivity index (χ2v) is 4.59. The summed E-state index contributed by atoms with van der Waals surface area (Å²) in [5.74, 6) is 1.35. The number of aryl methyl sites for hydroxylation is 1. The molecular formula is C14H18FN3. The molecule has 0 fully saturated rings. The molecule has 0 spiro atoms. The predicted molar refractivity (Wildman–Crippen MR) is 71.8 cm³/mol. The number of aromatic nitrogens is 2. The zero-order valence-electron chi connectivity index (χ0n) is 10.9. The van der Waals surface area contributed by atoms with E-state index in [1.54, 1.807) is 12.1 Å². The molecule has 2 aromatic rings. The van der Waals surface area contributed by atoms with Crippen molar-refractivity contribution >= 4 is 5.82 Å². The lowest BCUT2D eigenvalue weighted by atomic mass is 10.1. The Hall–Kier alpha value is -1.84. The van der Waals surface area contributed by atoms with E-state index in [1.807, 2.05) is 4.57 Å². The molecule has 0 aliphatic heterocycles. The summed E-state index contributed by atoms with van der Waals surface area (Å²) in [5.41, 5.74) is 7.74. The van der Waals surface area contributed by atoms with Gasteiger partial charge in [0.05, 0.1) is 0 Å². The van der Waals surface area contributed by atoms with E-state index in [1.165, 1.54) is 12.1 Å². The summed E-state index contributed by atoms with van der Waals surface area (Å²) in [5, 5.41) is 0. The van der Waals surface area contributed by atoms with Crippen LogP contribution in [-0.2, 0) is 6.42 Å². The minimum atomic E-state index is -0.253. The lowest BCUT2D eigenvalue weighted by molar-refractivity contribution is 0.579. The van der Waals surface area contributed by atoms with E-state index in [4.69, 9.17) is 5.73 Å². The number of nitrogens with zero attached hydrogens (tertiary/aromatic N) is 2. The molecule has 2 N–H and O–H groups in total. The maximum absolute atomic E-state index is 12.9. The van der Waals surface area contributed by atoms with Crippen molar-refractivity contribution in [3.05, 3.63) is 35.9 Å². The molecule has 1 aromatic heterocycles. The molecule has 96 valence electrons. The van der Waals surface area contributed by atoms with Crippen LogP contribution in [0.15, 0.2) is 24.3 Å². The van der Waals surface area contributed by atoms with Crippen molar-refractivity contribution in [3.63, 3.8) is 0 Å². The molecule has 0 aliphatic rings. The summed E-state index contributed by atoms with van der Waals surface area (Å²) < 4.78 is 15.0. The molecule has 3 nitrogen and oxygen atoms in total. The highest BCUT2D eigenvalue weighted by Crippen LogP contribution is 2.29. The number of rotatable bonds is 3. The van der Waals surface area contributed by atoms with E-state index in [2.05, 4.69) is 25.8 Å². The number of nitrogens with two attached hydrogens (primary N) is 1. The van der Waals surface area contributed by atoms with Gasteiger partial charge in [-0.3, -0.25) is 0 Å². The second-order valence-electron chi connectivity index (χ2n) is 4.59. The van der Waals surface area contributed by atoms with Gasteiger partial charge in [-0.2, -0.15) is 0 Å². The molecule has 0 radical (unpaired) electrons. The SMILES string of the molecule is CCc1nc(-c2ccc(F)cc2)c(N)n1C(C)C. The van der Waals surface area contributed by atoms with Gasteiger partial charge < -0.3 is 10.3 Å². The Bertz CT molecular complexity index is 541. The Morgan fingerprint density at radius 1 is 1.28 bits per heavy atom. The van der Waals surface area contributed by atoms with Gasteiger partial charge in [0.2, 0.25) is 0 Å². The van der Waals surface area contributed by atoms with E-state index in [0.29, 0.717) is 5.82 Å². The van der Waals surface area contributed by atoms with Crippen molar-refractivity contribution in [3.8, 4) is 11.3 Å². The molecule has 2 rings (SSSR count). The van der Waals surface area contributed by atoms with E-state index in [0.717, 1.165) is 23.5 Å². The van der Waals surface area contributed by atoms with Crippen molar-refractivity contribution in [2.24, 2.45) is 0 Å². The van der Waals surface area contributed by atoms with Crippen LogP contribution >= 0.6 is 0 Å². The first-order valence-electron chi connectivity index (χ1n) is 6.17. The number of hydrogen-bond acceptors (Lipinski definition) is 2. The predicted octanol–water partition coefficient (Wildman–Crippen LogP) is 3.41. The second kappa shape index (κ2) is 4.80. The minimum absolute atomic E-state index is 0.253. The van der Waals surface area contributed by atoms with E-state index < -0.39 is 0 Å². The molecule has 0 atom stereocenters. The van der Waals surface area contributed by atoms with Gasteiger partial charge in [0.25, 0.3) is 0 Å². The summed E-state index contributed by atoms with van der Waals surface area (Å²) in [6.07, 6.45) is 0.823. The Morgan fingerprint density at radius 2 is 1.89 bits per heavy atom. The van der Waals surface area contributed by atoms with E-state index in [-0.39, 0.29) is 11.9 Å². The van der Waals surface area contributed by atoms with Gasteiger partial charge in [-0.25, -0.2) is 9.37 Å². The normalized spacial score (nSPS) is 11.2. The van der Waals surface area contributed by atoms with Crippen LogP contribution in [0.2, 0.25) is 0 Å². The molecule has 4 heteroatoms. The first kappa shape index (κ1) is 12.6. The summed E-state index contributed by atoms with van der Waals surface area (Å²) in [7, 11) is 0. The van der Waals surface area contributed by atoms with Crippen molar-refractivity contribution < 1.29 is 4.39 Å².